The Hall–Kier alpha value is -1.42. The molecule has 1 amide bonds. The maximum Gasteiger partial charge on any atom is 0.313 e. The summed E-state index contributed by atoms with van der Waals surface area (Å²) in [6.07, 6.45) is 0.664. The largest absolute Gasteiger partial charge is 0.497 e. The Labute approximate surface area is 106 Å². The summed E-state index contributed by atoms with van der Waals surface area (Å²) in [5, 5.41) is 1.99. The van der Waals surface area contributed by atoms with Gasteiger partial charge in [-0.1, -0.05) is 0 Å². The van der Waals surface area contributed by atoms with Gasteiger partial charge in [-0.2, -0.15) is 0 Å². The fourth-order valence-electron chi connectivity index (χ4n) is 1.66. The number of benzene rings is 1. The molecule has 0 saturated heterocycles. The molecular weight excluding hydrogens is 242 g/mol. The van der Waals surface area contributed by atoms with E-state index in [4.69, 9.17) is 21.1 Å². The van der Waals surface area contributed by atoms with Gasteiger partial charge in [0, 0.05) is 12.6 Å². The molecule has 0 aromatic heterocycles. The lowest BCUT2D eigenvalue weighted by molar-refractivity contribution is 0.260. The van der Waals surface area contributed by atoms with Crippen molar-refractivity contribution in [3.05, 3.63) is 23.3 Å². The van der Waals surface area contributed by atoms with Crippen LogP contribution < -0.4 is 14.8 Å². The summed E-state index contributed by atoms with van der Waals surface area (Å²) in [6.45, 7) is 2.45. The summed E-state index contributed by atoms with van der Waals surface area (Å²) in [5.41, 5.74) is 2.10. The average Bonchev–Trinajstić information content (AvgIpc) is 2.30. The molecule has 0 heterocycles. The van der Waals surface area contributed by atoms with Crippen LogP contribution in [0.5, 0.6) is 11.5 Å². The highest BCUT2D eigenvalue weighted by molar-refractivity contribution is 6.62. The Kier molecular flexibility index (Phi) is 5.10. The Morgan fingerprint density at radius 3 is 2.59 bits per heavy atom. The van der Waals surface area contributed by atoms with E-state index < -0.39 is 5.37 Å². The van der Waals surface area contributed by atoms with Crippen LogP contribution in [0.4, 0.5) is 4.79 Å². The van der Waals surface area contributed by atoms with Gasteiger partial charge in [-0.15, -0.1) is 0 Å². The molecule has 0 bridgehead atoms. The first-order valence-electron chi connectivity index (χ1n) is 5.23. The third kappa shape index (κ3) is 3.82. The minimum absolute atomic E-state index is 0.478. The number of halogens is 1. The zero-order chi connectivity index (χ0) is 12.8. The van der Waals surface area contributed by atoms with Crippen LogP contribution in [0.1, 0.15) is 11.1 Å². The number of carbonyl (C=O) groups is 1. The third-order valence-electron chi connectivity index (χ3n) is 2.50. The second-order valence-electron chi connectivity index (χ2n) is 3.58. The zero-order valence-corrected chi connectivity index (χ0v) is 10.9. The van der Waals surface area contributed by atoms with Crippen LogP contribution in [0, 0.1) is 6.92 Å². The van der Waals surface area contributed by atoms with Crippen LogP contribution in [0.15, 0.2) is 12.1 Å². The van der Waals surface area contributed by atoms with Gasteiger partial charge in [0.15, 0.2) is 0 Å². The predicted octanol–water partition coefficient (Wildman–Crippen LogP) is 2.50. The lowest BCUT2D eigenvalue weighted by atomic mass is 10.0. The lowest BCUT2D eigenvalue weighted by Gasteiger charge is -2.13. The van der Waals surface area contributed by atoms with Crippen LogP contribution in [-0.2, 0) is 6.42 Å². The number of hydrogen-bond donors (Lipinski definition) is 1. The van der Waals surface area contributed by atoms with Crippen molar-refractivity contribution < 1.29 is 14.3 Å². The van der Waals surface area contributed by atoms with E-state index in [0.29, 0.717) is 13.0 Å². The number of aryl methyl sites for hydroxylation is 1. The minimum Gasteiger partial charge on any atom is -0.497 e. The fourth-order valence-corrected chi connectivity index (χ4v) is 1.75. The molecule has 1 rings (SSSR count). The lowest BCUT2D eigenvalue weighted by Crippen LogP contribution is -2.20. The van der Waals surface area contributed by atoms with Crippen LogP contribution in [0.2, 0.25) is 0 Å². The van der Waals surface area contributed by atoms with E-state index in [-0.39, 0.29) is 0 Å². The molecule has 0 radical (unpaired) electrons. The standard InChI is InChI=1S/C12H16ClNO3/c1-8-6-9(16-2)7-11(17-3)10(8)4-5-14-12(13)15/h6-7H,4-5H2,1-3H3,(H,14,15). The van der Waals surface area contributed by atoms with E-state index in [1.54, 1.807) is 14.2 Å². The topological polar surface area (TPSA) is 47.6 Å². The number of ether oxygens (including phenoxy) is 2. The van der Waals surface area contributed by atoms with Gasteiger partial charge in [0.25, 0.3) is 0 Å². The molecule has 17 heavy (non-hydrogen) atoms. The first-order chi connectivity index (χ1) is 8.08. The number of hydrogen-bond acceptors (Lipinski definition) is 3. The second kappa shape index (κ2) is 6.35. The zero-order valence-electron chi connectivity index (χ0n) is 10.2. The van der Waals surface area contributed by atoms with Gasteiger partial charge in [-0.05, 0) is 42.1 Å². The minimum atomic E-state index is -0.546. The SMILES string of the molecule is COc1cc(C)c(CCNC(=O)Cl)c(OC)c1. The third-order valence-corrected chi connectivity index (χ3v) is 2.63. The molecule has 0 aliphatic carbocycles. The van der Waals surface area contributed by atoms with E-state index in [1.807, 2.05) is 19.1 Å². The number of methoxy groups -OCH3 is 2. The molecule has 0 aliphatic rings. The smallest absolute Gasteiger partial charge is 0.313 e. The van der Waals surface area contributed by atoms with Crippen molar-refractivity contribution in [1.29, 1.82) is 0 Å². The average molecular weight is 258 g/mol. The number of carbonyl (C=O) groups excluding carboxylic acids is 1. The Morgan fingerprint density at radius 1 is 1.35 bits per heavy atom. The van der Waals surface area contributed by atoms with Gasteiger partial charge in [0.1, 0.15) is 11.5 Å². The summed E-state index contributed by atoms with van der Waals surface area (Å²) in [4.78, 5) is 10.6. The molecule has 0 saturated carbocycles. The summed E-state index contributed by atoms with van der Waals surface area (Å²) >= 11 is 5.20. The summed E-state index contributed by atoms with van der Waals surface area (Å²) in [6, 6.07) is 3.76. The summed E-state index contributed by atoms with van der Waals surface area (Å²) in [7, 11) is 3.22. The van der Waals surface area contributed by atoms with E-state index in [0.717, 1.165) is 22.6 Å². The Bertz CT molecular complexity index is 407. The number of amides is 1. The maximum absolute atomic E-state index is 10.6. The first-order valence-corrected chi connectivity index (χ1v) is 5.61. The van der Waals surface area contributed by atoms with Crippen LogP contribution >= 0.6 is 11.6 Å². The van der Waals surface area contributed by atoms with Crippen molar-refractivity contribution in [1.82, 2.24) is 5.32 Å². The molecule has 1 aromatic rings. The summed E-state index contributed by atoms with van der Waals surface area (Å²) in [5.74, 6) is 1.51. The molecule has 1 N–H and O–H groups in total. The molecule has 0 spiro atoms. The highest BCUT2D eigenvalue weighted by Crippen LogP contribution is 2.28. The quantitative estimate of drug-likeness (QED) is 0.651. The second-order valence-corrected chi connectivity index (χ2v) is 3.92. The van der Waals surface area contributed by atoms with Gasteiger partial charge >= 0.3 is 5.37 Å². The maximum atomic E-state index is 10.6. The van der Waals surface area contributed by atoms with Gasteiger partial charge in [0.05, 0.1) is 14.2 Å². The van der Waals surface area contributed by atoms with Crippen molar-refractivity contribution in [2.75, 3.05) is 20.8 Å². The van der Waals surface area contributed by atoms with Gasteiger partial charge in [0.2, 0.25) is 0 Å². The molecule has 0 atom stereocenters. The molecule has 0 unspecified atom stereocenters. The molecule has 1 aromatic carbocycles. The Balaban J connectivity index is 2.86. The van der Waals surface area contributed by atoms with Crippen molar-refractivity contribution in [3.63, 3.8) is 0 Å². The molecule has 4 nitrogen and oxygen atoms in total. The fraction of sp³-hybridized carbons (Fsp3) is 0.417. The van der Waals surface area contributed by atoms with Crippen molar-refractivity contribution in [3.8, 4) is 11.5 Å². The normalized spacial score (nSPS) is 9.88. The van der Waals surface area contributed by atoms with Crippen LogP contribution in [0.3, 0.4) is 0 Å². The van der Waals surface area contributed by atoms with E-state index in [1.165, 1.54) is 0 Å². The Morgan fingerprint density at radius 2 is 2.06 bits per heavy atom. The van der Waals surface area contributed by atoms with E-state index in [9.17, 15) is 4.79 Å². The molecule has 0 aliphatic heterocycles. The highest BCUT2D eigenvalue weighted by atomic mass is 35.5. The molecular formula is C12H16ClNO3. The number of rotatable bonds is 5. The first kappa shape index (κ1) is 13.6. The predicted molar refractivity (Wildman–Crippen MR) is 67.2 cm³/mol. The summed E-state index contributed by atoms with van der Waals surface area (Å²) < 4.78 is 10.5. The van der Waals surface area contributed by atoms with Crippen molar-refractivity contribution >= 4 is 17.0 Å². The van der Waals surface area contributed by atoms with Gasteiger partial charge < -0.3 is 14.8 Å². The molecule has 0 fully saturated rings. The van der Waals surface area contributed by atoms with Crippen LogP contribution in [-0.4, -0.2) is 26.1 Å². The van der Waals surface area contributed by atoms with Gasteiger partial charge in [-0.25, -0.2) is 0 Å². The van der Waals surface area contributed by atoms with Crippen molar-refractivity contribution in [2.45, 2.75) is 13.3 Å². The number of nitrogens with one attached hydrogen (secondary N) is 1. The highest BCUT2D eigenvalue weighted by Gasteiger charge is 2.09. The van der Waals surface area contributed by atoms with E-state index >= 15 is 0 Å². The van der Waals surface area contributed by atoms with Crippen LogP contribution in [0.25, 0.3) is 0 Å². The van der Waals surface area contributed by atoms with Crippen molar-refractivity contribution in [2.24, 2.45) is 0 Å². The molecule has 5 heteroatoms. The monoisotopic (exact) mass is 257 g/mol. The molecule has 94 valence electrons. The van der Waals surface area contributed by atoms with E-state index in [2.05, 4.69) is 5.32 Å². The van der Waals surface area contributed by atoms with Gasteiger partial charge in [-0.3, -0.25) is 4.79 Å².